The predicted octanol–water partition coefficient (Wildman–Crippen LogP) is 0.815. The van der Waals surface area contributed by atoms with Gasteiger partial charge in [0.15, 0.2) is 0 Å². The molecule has 14 nitrogen and oxygen atoms in total. The molecule has 4 amide bonds. The highest BCUT2D eigenvalue weighted by Gasteiger charge is 2.42. The number of hydrogen-bond acceptors (Lipinski definition) is 10. The van der Waals surface area contributed by atoms with Crippen molar-refractivity contribution in [2.24, 2.45) is 5.92 Å². The van der Waals surface area contributed by atoms with Crippen LogP contribution in [0.1, 0.15) is 45.2 Å². The SMILES string of the molecule is CN1C(=O)C[C@H](C(=O)NCCOCCOCCNC(=O)NCCOCCOCCC(=O)OC(C)(C)C)[C@H]1c1cccnc1. The third-order valence-corrected chi connectivity index (χ3v) is 6.17. The summed E-state index contributed by atoms with van der Waals surface area (Å²) in [5, 5.41) is 8.20. The Bertz CT molecular complexity index is 990. The van der Waals surface area contributed by atoms with E-state index in [0.29, 0.717) is 65.9 Å². The van der Waals surface area contributed by atoms with Crippen LogP contribution in [-0.4, -0.2) is 119 Å². The van der Waals surface area contributed by atoms with Crippen LogP contribution in [-0.2, 0) is 38.1 Å². The molecule has 1 aromatic rings. The molecule has 1 saturated heterocycles. The van der Waals surface area contributed by atoms with E-state index in [1.54, 1.807) is 30.4 Å². The summed E-state index contributed by atoms with van der Waals surface area (Å²) in [6, 6.07) is 2.99. The molecule has 0 radical (unpaired) electrons. The van der Waals surface area contributed by atoms with E-state index < -0.39 is 11.5 Å². The number of nitrogens with zero attached hydrogens (tertiary/aromatic N) is 2. The third-order valence-electron chi connectivity index (χ3n) is 6.17. The maximum atomic E-state index is 12.7. The fourth-order valence-corrected chi connectivity index (χ4v) is 4.22. The predicted molar refractivity (Wildman–Crippen MR) is 156 cm³/mol. The van der Waals surface area contributed by atoms with E-state index in [0.717, 1.165) is 5.56 Å². The first-order chi connectivity index (χ1) is 20.6. The molecule has 2 rings (SSSR count). The Kier molecular flexibility index (Phi) is 16.5. The number of aromatic nitrogens is 1. The minimum Gasteiger partial charge on any atom is -0.460 e. The summed E-state index contributed by atoms with van der Waals surface area (Å²) in [5.74, 6) is -1.05. The Hall–Kier alpha value is -3.33. The maximum Gasteiger partial charge on any atom is 0.314 e. The molecule has 0 spiro atoms. The quantitative estimate of drug-likeness (QED) is 0.142. The molecule has 1 aliphatic heterocycles. The molecule has 1 fully saturated rings. The summed E-state index contributed by atoms with van der Waals surface area (Å²) in [4.78, 5) is 54.0. The van der Waals surface area contributed by atoms with Crippen LogP contribution in [0.5, 0.6) is 0 Å². The van der Waals surface area contributed by atoms with Crippen molar-refractivity contribution >= 4 is 23.8 Å². The molecule has 0 aliphatic carbocycles. The van der Waals surface area contributed by atoms with Gasteiger partial charge in [-0.3, -0.25) is 19.4 Å². The van der Waals surface area contributed by atoms with E-state index in [2.05, 4.69) is 20.9 Å². The van der Waals surface area contributed by atoms with Gasteiger partial charge in [0.05, 0.1) is 71.2 Å². The number of amides is 4. The monoisotopic (exact) mass is 609 g/mol. The summed E-state index contributed by atoms with van der Waals surface area (Å²) in [6.45, 7) is 9.05. The lowest BCUT2D eigenvalue weighted by atomic mass is 9.94. The van der Waals surface area contributed by atoms with Gasteiger partial charge in [-0.2, -0.15) is 0 Å². The molecule has 1 aliphatic rings. The number of carbonyl (C=O) groups excluding carboxylic acids is 4. The van der Waals surface area contributed by atoms with Crippen molar-refractivity contribution in [1.29, 1.82) is 0 Å². The topological polar surface area (TPSA) is 167 Å². The van der Waals surface area contributed by atoms with Crippen LogP contribution in [0.3, 0.4) is 0 Å². The van der Waals surface area contributed by atoms with Crippen molar-refractivity contribution < 1.29 is 42.9 Å². The lowest BCUT2D eigenvalue weighted by Crippen LogP contribution is -2.39. The summed E-state index contributed by atoms with van der Waals surface area (Å²) in [7, 11) is 1.70. The van der Waals surface area contributed by atoms with Gasteiger partial charge in [0, 0.05) is 45.5 Å². The number of carbonyl (C=O) groups is 4. The Labute approximate surface area is 253 Å². The van der Waals surface area contributed by atoms with Crippen LogP contribution < -0.4 is 16.0 Å². The minimum absolute atomic E-state index is 0.0736. The van der Waals surface area contributed by atoms with Gasteiger partial charge in [0.25, 0.3) is 0 Å². The number of nitrogens with one attached hydrogen (secondary N) is 3. The molecule has 242 valence electrons. The number of hydrogen-bond donors (Lipinski definition) is 3. The molecule has 0 aromatic carbocycles. The van der Waals surface area contributed by atoms with Crippen molar-refractivity contribution in [2.45, 2.75) is 45.3 Å². The average Bonchev–Trinajstić information content (AvgIpc) is 3.26. The zero-order valence-electron chi connectivity index (χ0n) is 25.7. The zero-order valence-corrected chi connectivity index (χ0v) is 25.7. The van der Waals surface area contributed by atoms with Gasteiger partial charge in [-0.05, 0) is 32.4 Å². The number of rotatable bonds is 20. The Balaban J connectivity index is 1.38. The molecule has 1 aromatic heterocycles. The van der Waals surface area contributed by atoms with Gasteiger partial charge < -0.3 is 44.5 Å². The van der Waals surface area contributed by atoms with Crippen LogP contribution in [0.25, 0.3) is 0 Å². The van der Waals surface area contributed by atoms with Gasteiger partial charge in [0.2, 0.25) is 11.8 Å². The van der Waals surface area contributed by atoms with Gasteiger partial charge in [-0.25, -0.2) is 4.79 Å². The minimum atomic E-state index is -0.504. The lowest BCUT2D eigenvalue weighted by molar-refractivity contribution is -0.156. The van der Waals surface area contributed by atoms with Crippen molar-refractivity contribution in [1.82, 2.24) is 25.8 Å². The van der Waals surface area contributed by atoms with Gasteiger partial charge >= 0.3 is 12.0 Å². The molecule has 2 atom stereocenters. The fourth-order valence-electron chi connectivity index (χ4n) is 4.22. The second-order valence-electron chi connectivity index (χ2n) is 10.8. The van der Waals surface area contributed by atoms with E-state index in [4.69, 9.17) is 23.7 Å². The molecule has 2 heterocycles. The van der Waals surface area contributed by atoms with E-state index in [-0.39, 0.29) is 49.3 Å². The summed E-state index contributed by atoms with van der Waals surface area (Å²) >= 11 is 0. The van der Waals surface area contributed by atoms with Crippen molar-refractivity contribution in [2.75, 3.05) is 79.5 Å². The highest BCUT2D eigenvalue weighted by molar-refractivity contribution is 5.90. The first kappa shape index (κ1) is 35.9. The van der Waals surface area contributed by atoms with Crippen molar-refractivity contribution in [3.63, 3.8) is 0 Å². The maximum absolute atomic E-state index is 12.7. The van der Waals surface area contributed by atoms with Crippen LogP contribution in [0.15, 0.2) is 24.5 Å². The van der Waals surface area contributed by atoms with Gasteiger partial charge in [-0.15, -0.1) is 0 Å². The second-order valence-corrected chi connectivity index (χ2v) is 10.8. The Morgan fingerprint density at radius 3 is 1.98 bits per heavy atom. The summed E-state index contributed by atoms with van der Waals surface area (Å²) < 4.78 is 26.8. The molecule has 43 heavy (non-hydrogen) atoms. The number of likely N-dealkylation sites (tertiary alicyclic amines) is 1. The molecule has 3 N–H and O–H groups in total. The summed E-state index contributed by atoms with van der Waals surface area (Å²) in [6.07, 6.45) is 3.68. The smallest absolute Gasteiger partial charge is 0.314 e. The first-order valence-electron chi connectivity index (χ1n) is 14.6. The highest BCUT2D eigenvalue weighted by Crippen LogP contribution is 2.36. The van der Waals surface area contributed by atoms with Crippen molar-refractivity contribution in [3.8, 4) is 0 Å². The number of pyridine rings is 1. The normalized spacial score (nSPS) is 16.7. The van der Waals surface area contributed by atoms with Crippen LogP contribution >= 0.6 is 0 Å². The fraction of sp³-hybridized carbons (Fsp3) is 0.690. The number of esters is 1. The van der Waals surface area contributed by atoms with E-state index >= 15 is 0 Å². The van der Waals surface area contributed by atoms with E-state index in [9.17, 15) is 19.2 Å². The van der Waals surface area contributed by atoms with E-state index in [1.807, 2.05) is 26.8 Å². The summed E-state index contributed by atoms with van der Waals surface area (Å²) in [5.41, 5.74) is 0.327. The third kappa shape index (κ3) is 15.1. The standard InChI is InChI=1S/C29H47N5O9/c1-29(2,3)43-25(36)7-12-39-16-17-41-14-10-32-28(38)33-11-15-42-19-18-40-13-9-31-27(37)23-20-24(35)34(4)26(23)22-6-5-8-30-21-22/h5-6,8,21,23,26H,7,9-20H2,1-4H3,(H,31,37)(H2,32,33,38)/t23-,26+/m0/s1. The number of urea groups is 1. The molecule has 0 unspecified atom stereocenters. The molecular weight excluding hydrogens is 562 g/mol. The molecule has 14 heteroatoms. The number of ether oxygens (including phenoxy) is 5. The second kappa shape index (κ2) is 19.8. The lowest BCUT2D eigenvalue weighted by Gasteiger charge is -2.24. The average molecular weight is 610 g/mol. The van der Waals surface area contributed by atoms with Crippen LogP contribution in [0.2, 0.25) is 0 Å². The zero-order chi connectivity index (χ0) is 31.5. The Morgan fingerprint density at radius 2 is 1.44 bits per heavy atom. The van der Waals surface area contributed by atoms with Gasteiger partial charge in [0.1, 0.15) is 5.60 Å². The van der Waals surface area contributed by atoms with E-state index in [1.165, 1.54) is 0 Å². The van der Waals surface area contributed by atoms with Crippen molar-refractivity contribution in [3.05, 3.63) is 30.1 Å². The Morgan fingerprint density at radius 1 is 0.884 bits per heavy atom. The van der Waals surface area contributed by atoms with Crippen LogP contribution in [0.4, 0.5) is 4.79 Å². The molecular formula is C29H47N5O9. The van der Waals surface area contributed by atoms with Gasteiger partial charge in [-0.1, -0.05) is 6.07 Å². The van der Waals surface area contributed by atoms with Crippen LogP contribution in [0, 0.1) is 5.92 Å². The molecule has 0 saturated carbocycles. The largest absolute Gasteiger partial charge is 0.460 e. The highest BCUT2D eigenvalue weighted by atomic mass is 16.6. The first-order valence-corrected chi connectivity index (χ1v) is 14.6. The molecule has 0 bridgehead atoms.